The molecular weight excluding hydrogens is 192 g/mol. The van der Waals surface area contributed by atoms with Gasteiger partial charge >= 0.3 is 0 Å². The number of rotatable bonds is 1. The standard InChI is InChI=1S/C16H30/c1-11(2)14-15(5)7-12(3)8-16(14,6)10-13(4)9-15/h11-14H,7-10H2,1-6H3. The molecule has 0 spiro atoms. The van der Waals surface area contributed by atoms with Crippen LogP contribution >= 0.6 is 0 Å². The average Bonchev–Trinajstić information content (AvgIpc) is 1.94. The van der Waals surface area contributed by atoms with E-state index in [0.717, 1.165) is 23.7 Å². The Morgan fingerprint density at radius 2 is 1.12 bits per heavy atom. The van der Waals surface area contributed by atoms with Gasteiger partial charge in [0, 0.05) is 0 Å². The molecule has 0 unspecified atom stereocenters. The van der Waals surface area contributed by atoms with Gasteiger partial charge in [-0.25, -0.2) is 0 Å². The fourth-order valence-electron chi connectivity index (χ4n) is 6.45. The van der Waals surface area contributed by atoms with Crippen LogP contribution in [0.25, 0.3) is 0 Å². The summed E-state index contributed by atoms with van der Waals surface area (Å²) >= 11 is 0. The zero-order valence-electron chi connectivity index (χ0n) is 12.1. The highest BCUT2D eigenvalue weighted by Gasteiger charge is 2.55. The van der Waals surface area contributed by atoms with E-state index in [1.165, 1.54) is 25.7 Å². The van der Waals surface area contributed by atoms with Crippen molar-refractivity contribution in [2.24, 2.45) is 34.5 Å². The van der Waals surface area contributed by atoms with Crippen LogP contribution in [0.3, 0.4) is 0 Å². The summed E-state index contributed by atoms with van der Waals surface area (Å²) in [5.74, 6) is 3.69. The molecule has 0 radical (unpaired) electrons. The van der Waals surface area contributed by atoms with Crippen molar-refractivity contribution in [2.45, 2.75) is 67.2 Å². The molecule has 0 aromatic rings. The van der Waals surface area contributed by atoms with Gasteiger partial charge in [-0.05, 0) is 60.2 Å². The summed E-state index contributed by atoms with van der Waals surface area (Å²) in [5, 5.41) is 0. The second-order valence-corrected chi connectivity index (χ2v) is 8.06. The molecule has 0 amide bonds. The monoisotopic (exact) mass is 222 g/mol. The molecule has 16 heavy (non-hydrogen) atoms. The molecule has 0 aromatic heterocycles. The Balaban J connectivity index is 2.37. The molecule has 2 fully saturated rings. The Morgan fingerprint density at radius 3 is 1.38 bits per heavy atom. The highest BCUT2D eigenvalue weighted by molar-refractivity contribution is 5.04. The second-order valence-electron chi connectivity index (χ2n) is 8.06. The van der Waals surface area contributed by atoms with Gasteiger partial charge in [0.1, 0.15) is 0 Å². The van der Waals surface area contributed by atoms with Crippen LogP contribution in [0.4, 0.5) is 0 Å². The first-order valence-corrected chi connectivity index (χ1v) is 7.27. The summed E-state index contributed by atoms with van der Waals surface area (Å²) in [6.07, 6.45) is 5.87. The van der Waals surface area contributed by atoms with E-state index in [0.29, 0.717) is 10.8 Å². The molecule has 2 saturated carbocycles. The van der Waals surface area contributed by atoms with E-state index in [4.69, 9.17) is 0 Å². The normalized spacial score (nSPS) is 53.1. The Morgan fingerprint density at radius 1 is 0.812 bits per heavy atom. The minimum Gasteiger partial charge on any atom is -0.0625 e. The summed E-state index contributed by atoms with van der Waals surface area (Å²) in [5.41, 5.74) is 1.25. The van der Waals surface area contributed by atoms with Crippen molar-refractivity contribution in [3.8, 4) is 0 Å². The van der Waals surface area contributed by atoms with E-state index in [1.54, 1.807) is 0 Å². The van der Waals surface area contributed by atoms with Crippen molar-refractivity contribution in [2.75, 3.05) is 0 Å². The lowest BCUT2D eigenvalue weighted by Crippen LogP contribution is -2.53. The lowest BCUT2D eigenvalue weighted by Gasteiger charge is -2.61. The number of hydrogen-bond donors (Lipinski definition) is 0. The van der Waals surface area contributed by atoms with E-state index in [1.807, 2.05) is 0 Å². The maximum Gasteiger partial charge on any atom is -0.0282 e. The summed E-state index contributed by atoms with van der Waals surface area (Å²) < 4.78 is 0. The third kappa shape index (κ3) is 1.83. The minimum atomic E-state index is 0.623. The first kappa shape index (κ1) is 12.5. The molecular formula is C16H30. The lowest BCUT2D eigenvalue weighted by atomic mass is 9.43. The third-order valence-electron chi connectivity index (χ3n) is 5.43. The maximum atomic E-state index is 2.58. The molecule has 0 aromatic carbocycles. The van der Waals surface area contributed by atoms with Crippen molar-refractivity contribution in [1.82, 2.24) is 0 Å². The van der Waals surface area contributed by atoms with Crippen molar-refractivity contribution >= 4 is 0 Å². The van der Waals surface area contributed by atoms with E-state index in [2.05, 4.69) is 41.5 Å². The summed E-state index contributed by atoms with van der Waals surface area (Å²) in [6.45, 7) is 15.0. The third-order valence-corrected chi connectivity index (χ3v) is 5.43. The Hall–Kier alpha value is 0. The molecule has 2 aliphatic rings. The van der Waals surface area contributed by atoms with Gasteiger partial charge in [-0.1, -0.05) is 41.5 Å². The summed E-state index contributed by atoms with van der Waals surface area (Å²) in [6, 6.07) is 0. The molecule has 0 atom stereocenters. The van der Waals surface area contributed by atoms with E-state index in [-0.39, 0.29) is 0 Å². The van der Waals surface area contributed by atoms with E-state index >= 15 is 0 Å². The van der Waals surface area contributed by atoms with Gasteiger partial charge in [-0.3, -0.25) is 0 Å². The van der Waals surface area contributed by atoms with Gasteiger partial charge in [-0.15, -0.1) is 0 Å². The van der Waals surface area contributed by atoms with Gasteiger partial charge < -0.3 is 0 Å². The number of hydrogen-bond acceptors (Lipinski definition) is 0. The predicted molar refractivity (Wildman–Crippen MR) is 71.3 cm³/mol. The summed E-state index contributed by atoms with van der Waals surface area (Å²) in [4.78, 5) is 0. The van der Waals surface area contributed by atoms with Gasteiger partial charge in [0.15, 0.2) is 0 Å². The van der Waals surface area contributed by atoms with Gasteiger partial charge in [0.25, 0.3) is 0 Å². The summed E-state index contributed by atoms with van der Waals surface area (Å²) in [7, 11) is 0. The molecule has 0 heteroatoms. The molecule has 0 N–H and O–H groups in total. The molecule has 94 valence electrons. The molecule has 2 bridgehead atoms. The topological polar surface area (TPSA) is 0 Å². The van der Waals surface area contributed by atoms with Crippen LogP contribution in [0.5, 0.6) is 0 Å². The Labute approximate surface area is 102 Å². The van der Waals surface area contributed by atoms with Crippen LogP contribution in [0.15, 0.2) is 0 Å². The zero-order valence-corrected chi connectivity index (χ0v) is 12.1. The first-order chi connectivity index (χ1) is 7.27. The van der Waals surface area contributed by atoms with Crippen LogP contribution in [0, 0.1) is 34.5 Å². The molecule has 0 saturated heterocycles. The van der Waals surface area contributed by atoms with E-state index < -0.39 is 0 Å². The Kier molecular flexibility index (Phi) is 2.92. The molecule has 2 aliphatic carbocycles. The van der Waals surface area contributed by atoms with Crippen molar-refractivity contribution in [3.05, 3.63) is 0 Å². The quantitative estimate of drug-likeness (QED) is 0.577. The van der Waals surface area contributed by atoms with Gasteiger partial charge in [-0.2, -0.15) is 0 Å². The van der Waals surface area contributed by atoms with Crippen LogP contribution in [0.1, 0.15) is 67.2 Å². The second kappa shape index (κ2) is 3.75. The first-order valence-electron chi connectivity index (χ1n) is 7.27. The van der Waals surface area contributed by atoms with E-state index in [9.17, 15) is 0 Å². The van der Waals surface area contributed by atoms with Crippen LogP contribution in [-0.2, 0) is 0 Å². The molecule has 2 rings (SSSR count). The zero-order chi connectivity index (χ0) is 12.1. The highest BCUT2D eigenvalue weighted by atomic mass is 14.6. The fourth-order valence-corrected chi connectivity index (χ4v) is 6.45. The fraction of sp³-hybridized carbons (Fsp3) is 1.00. The van der Waals surface area contributed by atoms with Crippen LogP contribution < -0.4 is 0 Å². The largest absolute Gasteiger partial charge is 0.0625 e. The Bertz CT molecular complexity index is 227. The van der Waals surface area contributed by atoms with Crippen LogP contribution in [-0.4, -0.2) is 0 Å². The highest BCUT2D eigenvalue weighted by Crippen LogP contribution is 2.64. The lowest BCUT2D eigenvalue weighted by molar-refractivity contribution is -0.120. The van der Waals surface area contributed by atoms with Crippen molar-refractivity contribution in [3.63, 3.8) is 0 Å². The molecule has 0 heterocycles. The smallest absolute Gasteiger partial charge is 0.0282 e. The minimum absolute atomic E-state index is 0.623. The number of fused-ring (bicyclic) bond motifs is 2. The predicted octanol–water partition coefficient (Wildman–Crippen LogP) is 5.13. The molecule has 0 nitrogen and oxygen atoms in total. The maximum absolute atomic E-state index is 2.58. The van der Waals surface area contributed by atoms with Gasteiger partial charge in [0.05, 0.1) is 0 Å². The SMILES string of the molecule is CC1CC2(C)CC(C)CC(C)(C1)C2C(C)C. The van der Waals surface area contributed by atoms with Gasteiger partial charge in [0.2, 0.25) is 0 Å². The van der Waals surface area contributed by atoms with Crippen molar-refractivity contribution < 1.29 is 0 Å². The van der Waals surface area contributed by atoms with Crippen molar-refractivity contribution in [1.29, 1.82) is 0 Å². The van der Waals surface area contributed by atoms with Crippen LogP contribution in [0.2, 0.25) is 0 Å². The average molecular weight is 222 g/mol. The molecule has 0 aliphatic heterocycles.